The Morgan fingerprint density at radius 1 is 1.38 bits per heavy atom. The van der Waals surface area contributed by atoms with Gasteiger partial charge in [-0.25, -0.2) is 4.98 Å². The fraction of sp³-hybridized carbons (Fsp3) is 0.286. The van der Waals surface area contributed by atoms with Crippen molar-refractivity contribution >= 4 is 17.7 Å². The highest BCUT2D eigenvalue weighted by Gasteiger charge is 2.13. The lowest BCUT2D eigenvalue weighted by Crippen LogP contribution is -2.06. The fourth-order valence-corrected chi connectivity index (χ4v) is 1.98. The Hall–Kier alpha value is -2.70. The number of carbonyl (C=O) groups excluding carboxylic acids is 1. The molecule has 0 unspecified atom stereocenters. The first kappa shape index (κ1) is 14.7. The Labute approximate surface area is 121 Å². The number of nitrogens with zero attached hydrogens (tertiary/aromatic N) is 3. The van der Waals surface area contributed by atoms with Crippen LogP contribution >= 0.6 is 0 Å². The van der Waals surface area contributed by atoms with E-state index in [1.807, 2.05) is 10.8 Å². The van der Waals surface area contributed by atoms with E-state index in [1.165, 1.54) is 6.07 Å². The van der Waals surface area contributed by atoms with Crippen molar-refractivity contribution in [1.82, 2.24) is 9.55 Å². The number of hydrogen-bond acceptors (Lipinski definition) is 5. The summed E-state index contributed by atoms with van der Waals surface area (Å²) in [5, 5.41) is 14.0. The summed E-state index contributed by atoms with van der Waals surface area (Å²) in [5.41, 5.74) is 0.662. The van der Waals surface area contributed by atoms with Crippen molar-refractivity contribution in [3.8, 4) is 0 Å². The van der Waals surface area contributed by atoms with Crippen LogP contribution in [0.5, 0.6) is 0 Å². The molecule has 0 aliphatic heterocycles. The molecule has 1 aromatic heterocycles. The van der Waals surface area contributed by atoms with Gasteiger partial charge in [0, 0.05) is 37.1 Å². The Balaban J connectivity index is 1.85. The molecule has 1 heterocycles. The average Bonchev–Trinajstić information content (AvgIpc) is 3.00. The molecule has 1 aromatic carbocycles. The van der Waals surface area contributed by atoms with E-state index in [4.69, 9.17) is 0 Å². The van der Waals surface area contributed by atoms with Gasteiger partial charge in [-0.05, 0) is 25.0 Å². The number of anilines is 1. The minimum absolute atomic E-state index is 0.0748. The zero-order valence-electron chi connectivity index (χ0n) is 11.4. The van der Waals surface area contributed by atoms with Gasteiger partial charge in [-0.3, -0.25) is 14.9 Å². The topological polar surface area (TPSA) is 90.1 Å². The lowest BCUT2D eigenvalue weighted by Gasteiger charge is -2.07. The van der Waals surface area contributed by atoms with Crippen molar-refractivity contribution in [3.63, 3.8) is 0 Å². The van der Waals surface area contributed by atoms with Crippen LogP contribution in [0.2, 0.25) is 0 Å². The number of nitrogens with one attached hydrogen (secondary N) is 1. The maximum absolute atomic E-state index is 11.0. The maximum Gasteiger partial charge on any atom is 0.293 e. The summed E-state index contributed by atoms with van der Waals surface area (Å²) in [6.45, 7) is 1.50. The maximum atomic E-state index is 11.0. The summed E-state index contributed by atoms with van der Waals surface area (Å²) in [7, 11) is 0. The summed E-state index contributed by atoms with van der Waals surface area (Å²) in [4.78, 5) is 25.1. The molecule has 110 valence electrons. The number of unbranched alkanes of at least 4 members (excludes halogenated alkanes) is 1. The standard InChI is InChI=1S/C14H16N4O3/c19-10-12-3-4-13(14(9-12)18(20)21)16-5-1-2-7-17-8-6-15-11-17/h3-4,6,8-11,16H,1-2,5,7H2. The SMILES string of the molecule is O=Cc1ccc(NCCCCn2ccnc2)c([N+](=O)[O-])c1. The van der Waals surface area contributed by atoms with Crippen LogP contribution in [0.15, 0.2) is 36.9 Å². The molecule has 7 nitrogen and oxygen atoms in total. The van der Waals surface area contributed by atoms with Crippen LogP contribution in [0.25, 0.3) is 0 Å². The van der Waals surface area contributed by atoms with Gasteiger partial charge in [0.2, 0.25) is 0 Å². The first-order valence-electron chi connectivity index (χ1n) is 6.64. The van der Waals surface area contributed by atoms with E-state index in [1.54, 1.807) is 24.7 Å². The second-order valence-corrected chi connectivity index (χ2v) is 4.59. The number of carbonyl (C=O) groups is 1. The summed E-state index contributed by atoms with van der Waals surface area (Å²) in [6, 6.07) is 4.41. The third kappa shape index (κ3) is 4.13. The van der Waals surface area contributed by atoms with Crippen molar-refractivity contribution in [3.05, 3.63) is 52.6 Å². The molecule has 0 saturated heterocycles. The van der Waals surface area contributed by atoms with Crippen LogP contribution in [0.4, 0.5) is 11.4 Å². The van der Waals surface area contributed by atoms with Crippen molar-refractivity contribution in [2.75, 3.05) is 11.9 Å². The minimum Gasteiger partial charge on any atom is -0.379 e. The highest BCUT2D eigenvalue weighted by molar-refractivity contribution is 5.79. The second-order valence-electron chi connectivity index (χ2n) is 4.59. The molecule has 0 aliphatic rings. The van der Waals surface area contributed by atoms with E-state index >= 15 is 0 Å². The highest BCUT2D eigenvalue weighted by atomic mass is 16.6. The van der Waals surface area contributed by atoms with Gasteiger partial charge >= 0.3 is 0 Å². The summed E-state index contributed by atoms with van der Waals surface area (Å²) < 4.78 is 1.99. The van der Waals surface area contributed by atoms with E-state index in [9.17, 15) is 14.9 Å². The van der Waals surface area contributed by atoms with Gasteiger partial charge in [0.25, 0.3) is 5.69 Å². The fourth-order valence-electron chi connectivity index (χ4n) is 1.98. The summed E-state index contributed by atoms with van der Waals surface area (Å²) in [5.74, 6) is 0. The van der Waals surface area contributed by atoms with Gasteiger partial charge < -0.3 is 9.88 Å². The van der Waals surface area contributed by atoms with Crippen molar-refractivity contribution in [1.29, 1.82) is 0 Å². The normalized spacial score (nSPS) is 10.3. The Kier molecular flexibility index (Phi) is 5.03. The molecule has 7 heteroatoms. The van der Waals surface area contributed by atoms with Gasteiger partial charge in [-0.1, -0.05) is 0 Å². The van der Waals surface area contributed by atoms with E-state index in [0.29, 0.717) is 24.1 Å². The van der Waals surface area contributed by atoms with Crippen LogP contribution in [-0.4, -0.2) is 27.3 Å². The number of rotatable bonds is 8. The molecule has 21 heavy (non-hydrogen) atoms. The predicted molar refractivity (Wildman–Crippen MR) is 78.4 cm³/mol. The lowest BCUT2D eigenvalue weighted by molar-refractivity contribution is -0.384. The molecule has 0 saturated carbocycles. The van der Waals surface area contributed by atoms with Gasteiger partial charge in [-0.2, -0.15) is 0 Å². The highest BCUT2D eigenvalue weighted by Crippen LogP contribution is 2.24. The lowest BCUT2D eigenvalue weighted by atomic mass is 10.2. The number of aryl methyl sites for hydroxylation is 1. The molecule has 0 bridgehead atoms. The third-order valence-corrected chi connectivity index (χ3v) is 3.07. The van der Waals surface area contributed by atoms with Gasteiger partial charge in [0.1, 0.15) is 12.0 Å². The van der Waals surface area contributed by atoms with E-state index in [2.05, 4.69) is 10.3 Å². The molecular formula is C14H16N4O3. The molecule has 0 atom stereocenters. The number of nitro benzene ring substituents is 1. The molecule has 0 aliphatic carbocycles. The average molecular weight is 288 g/mol. The van der Waals surface area contributed by atoms with Gasteiger partial charge in [0.15, 0.2) is 0 Å². The third-order valence-electron chi connectivity index (χ3n) is 3.07. The van der Waals surface area contributed by atoms with Crippen molar-refractivity contribution < 1.29 is 9.72 Å². The van der Waals surface area contributed by atoms with Crippen LogP contribution in [0.1, 0.15) is 23.2 Å². The number of imidazole rings is 1. The minimum atomic E-state index is -0.485. The van der Waals surface area contributed by atoms with Crippen LogP contribution in [0.3, 0.4) is 0 Å². The second kappa shape index (κ2) is 7.18. The number of aldehydes is 1. The molecule has 0 radical (unpaired) electrons. The van der Waals surface area contributed by atoms with Gasteiger partial charge in [-0.15, -0.1) is 0 Å². The summed E-state index contributed by atoms with van der Waals surface area (Å²) in [6.07, 6.45) is 7.82. The number of hydrogen-bond donors (Lipinski definition) is 1. The van der Waals surface area contributed by atoms with Crippen LogP contribution < -0.4 is 5.32 Å². The monoisotopic (exact) mass is 288 g/mol. The van der Waals surface area contributed by atoms with E-state index < -0.39 is 4.92 Å². The molecule has 0 amide bonds. The zero-order valence-corrected chi connectivity index (χ0v) is 11.4. The summed E-state index contributed by atoms with van der Waals surface area (Å²) >= 11 is 0. The number of benzene rings is 1. The molecule has 2 aromatic rings. The van der Waals surface area contributed by atoms with Crippen molar-refractivity contribution in [2.45, 2.75) is 19.4 Å². The van der Waals surface area contributed by atoms with Crippen LogP contribution in [-0.2, 0) is 6.54 Å². The molecule has 2 rings (SSSR count). The van der Waals surface area contributed by atoms with Crippen molar-refractivity contribution in [2.24, 2.45) is 0 Å². The largest absolute Gasteiger partial charge is 0.379 e. The van der Waals surface area contributed by atoms with Gasteiger partial charge in [0.05, 0.1) is 11.3 Å². The predicted octanol–water partition coefficient (Wildman–Crippen LogP) is 2.50. The first-order valence-corrected chi connectivity index (χ1v) is 6.64. The number of nitro groups is 1. The van der Waals surface area contributed by atoms with Crippen LogP contribution in [0, 0.1) is 10.1 Å². The molecule has 0 spiro atoms. The molecule has 1 N–H and O–H groups in total. The molecule has 0 fully saturated rings. The Bertz CT molecular complexity index is 611. The Morgan fingerprint density at radius 2 is 2.24 bits per heavy atom. The van der Waals surface area contributed by atoms with E-state index in [0.717, 1.165) is 19.4 Å². The first-order chi connectivity index (χ1) is 10.2. The van der Waals surface area contributed by atoms with E-state index in [-0.39, 0.29) is 5.69 Å². The zero-order chi connectivity index (χ0) is 15.1. The Morgan fingerprint density at radius 3 is 2.90 bits per heavy atom. The molecular weight excluding hydrogens is 272 g/mol. The number of aromatic nitrogens is 2. The quantitative estimate of drug-likeness (QED) is 0.349. The smallest absolute Gasteiger partial charge is 0.293 e.